The number of carbonyl (C=O) groups excluding carboxylic acids is 1. The van der Waals surface area contributed by atoms with E-state index in [2.05, 4.69) is 38.8 Å². The van der Waals surface area contributed by atoms with Crippen molar-refractivity contribution in [1.82, 2.24) is 20.5 Å². The molecule has 0 bridgehead atoms. The van der Waals surface area contributed by atoms with E-state index in [4.69, 9.17) is 5.73 Å². The van der Waals surface area contributed by atoms with Crippen LogP contribution in [0.25, 0.3) is 22.2 Å². The number of urea groups is 1. The monoisotopic (exact) mass is 414 g/mol. The van der Waals surface area contributed by atoms with Crippen molar-refractivity contribution in [3.05, 3.63) is 72.0 Å². The van der Waals surface area contributed by atoms with Crippen LogP contribution in [0.2, 0.25) is 0 Å². The number of aromatic amines is 1. The van der Waals surface area contributed by atoms with Crippen LogP contribution in [0.4, 0.5) is 16.3 Å². The Morgan fingerprint density at radius 2 is 2.03 bits per heavy atom. The summed E-state index contributed by atoms with van der Waals surface area (Å²) < 4.78 is 0. The Kier molecular flexibility index (Phi) is 5.84. The molecule has 0 saturated carbocycles. The van der Waals surface area contributed by atoms with Gasteiger partial charge in [0.1, 0.15) is 5.82 Å². The van der Waals surface area contributed by atoms with Crippen molar-refractivity contribution in [3.63, 3.8) is 0 Å². The summed E-state index contributed by atoms with van der Waals surface area (Å²) in [5.74, 6) is 0.494. The molecule has 1 atom stereocenters. The summed E-state index contributed by atoms with van der Waals surface area (Å²) in [4.78, 5) is 17.0. The summed E-state index contributed by atoms with van der Waals surface area (Å²) >= 11 is 0. The van der Waals surface area contributed by atoms with Gasteiger partial charge in [0, 0.05) is 17.4 Å². The van der Waals surface area contributed by atoms with Gasteiger partial charge in [-0.15, -0.1) is 0 Å². The number of hydrogen-bond acceptors (Lipinski definition) is 4. The van der Waals surface area contributed by atoms with E-state index in [1.54, 1.807) is 0 Å². The van der Waals surface area contributed by atoms with Crippen LogP contribution in [0.1, 0.15) is 26.0 Å². The molecule has 5 N–H and O–H groups in total. The average Bonchev–Trinajstić information content (AvgIpc) is 2.97. The first-order valence-corrected chi connectivity index (χ1v) is 10.4. The van der Waals surface area contributed by atoms with E-state index in [0.29, 0.717) is 17.2 Å². The number of carbonyl (C=O) groups is 1. The molecule has 0 saturated heterocycles. The lowest BCUT2D eigenvalue weighted by molar-refractivity contribution is 0.250. The molecule has 0 radical (unpaired) electrons. The summed E-state index contributed by atoms with van der Waals surface area (Å²) in [7, 11) is 0. The standard InChI is InChI=1S/C24H26N6O/c1-3-18-14-20(21-22(25)29-30-23(21)27-18)17-10-12-19(13-11-17)28-24(31)26-15(2)16-8-6-4-5-7-9-16/h4-8,10-15H,3,9H2,1-2H3,(H2,26,28,31)(H3,25,27,29,30)/t15-/m1/s1. The van der Waals surface area contributed by atoms with Crippen LogP contribution < -0.4 is 16.4 Å². The van der Waals surface area contributed by atoms with E-state index in [0.717, 1.165) is 40.6 Å². The maximum Gasteiger partial charge on any atom is 0.319 e. The highest BCUT2D eigenvalue weighted by molar-refractivity contribution is 6.00. The van der Waals surface area contributed by atoms with Gasteiger partial charge in [0.2, 0.25) is 0 Å². The number of amides is 2. The molecule has 0 aliphatic heterocycles. The minimum Gasteiger partial charge on any atom is -0.383 e. The van der Waals surface area contributed by atoms with Crippen molar-refractivity contribution >= 4 is 28.6 Å². The third-order valence-electron chi connectivity index (χ3n) is 5.35. The van der Waals surface area contributed by atoms with Gasteiger partial charge in [0.25, 0.3) is 0 Å². The number of H-pyrrole nitrogens is 1. The SMILES string of the molecule is CCc1cc(-c2ccc(NC(=O)N[C@H](C)C3=CC=CC=CC3)cc2)c2c(N)[nH]nc2n1. The number of benzene rings is 1. The van der Waals surface area contributed by atoms with Crippen LogP contribution in [0, 0.1) is 0 Å². The van der Waals surface area contributed by atoms with E-state index >= 15 is 0 Å². The summed E-state index contributed by atoms with van der Waals surface area (Å²) in [6.45, 7) is 4.04. The second kappa shape index (κ2) is 8.87. The summed E-state index contributed by atoms with van der Waals surface area (Å²) in [6.07, 6.45) is 11.7. The number of aryl methyl sites for hydroxylation is 1. The van der Waals surface area contributed by atoms with E-state index in [1.165, 1.54) is 0 Å². The largest absolute Gasteiger partial charge is 0.383 e. The van der Waals surface area contributed by atoms with Crippen molar-refractivity contribution in [2.75, 3.05) is 11.1 Å². The minimum atomic E-state index is -0.239. The molecule has 0 spiro atoms. The van der Waals surface area contributed by atoms with Gasteiger partial charge in [-0.1, -0.05) is 49.4 Å². The first kappa shape index (κ1) is 20.4. The van der Waals surface area contributed by atoms with Gasteiger partial charge in [-0.2, -0.15) is 5.10 Å². The van der Waals surface area contributed by atoms with Gasteiger partial charge in [-0.25, -0.2) is 9.78 Å². The van der Waals surface area contributed by atoms with E-state index in [-0.39, 0.29) is 12.1 Å². The number of nitrogens with one attached hydrogen (secondary N) is 3. The number of rotatable bonds is 5. The van der Waals surface area contributed by atoms with Crippen molar-refractivity contribution < 1.29 is 4.79 Å². The van der Waals surface area contributed by atoms with Crippen LogP contribution in [0.3, 0.4) is 0 Å². The Bertz CT molecular complexity index is 1190. The molecule has 2 heterocycles. The fourth-order valence-corrected chi connectivity index (χ4v) is 3.61. The molecule has 3 aromatic rings. The Balaban J connectivity index is 1.49. The third kappa shape index (κ3) is 4.50. The zero-order valence-corrected chi connectivity index (χ0v) is 17.6. The highest BCUT2D eigenvalue weighted by Gasteiger charge is 2.14. The lowest BCUT2D eigenvalue weighted by Gasteiger charge is -2.17. The second-order valence-electron chi connectivity index (χ2n) is 7.51. The molecule has 2 amide bonds. The number of pyridine rings is 1. The molecule has 2 aromatic heterocycles. The average molecular weight is 415 g/mol. The predicted octanol–water partition coefficient (Wildman–Crippen LogP) is 4.72. The van der Waals surface area contributed by atoms with Crippen LogP contribution in [0.15, 0.2) is 66.3 Å². The van der Waals surface area contributed by atoms with Gasteiger partial charge < -0.3 is 16.4 Å². The van der Waals surface area contributed by atoms with Crippen LogP contribution >= 0.6 is 0 Å². The topological polar surface area (TPSA) is 109 Å². The summed E-state index contributed by atoms with van der Waals surface area (Å²) in [5, 5.41) is 13.7. The van der Waals surface area contributed by atoms with Gasteiger partial charge in [-0.3, -0.25) is 5.10 Å². The van der Waals surface area contributed by atoms with Crippen LogP contribution in [0.5, 0.6) is 0 Å². The second-order valence-corrected chi connectivity index (χ2v) is 7.51. The zero-order valence-electron chi connectivity index (χ0n) is 17.6. The number of nitrogen functional groups attached to an aromatic ring is 1. The first-order chi connectivity index (χ1) is 15.0. The molecule has 4 rings (SSSR count). The lowest BCUT2D eigenvalue weighted by Crippen LogP contribution is -2.37. The first-order valence-electron chi connectivity index (χ1n) is 10.4. The molecule has 1 aliphatic rings. The fourth-order valence-electron chi connectivity index (χ4n) is 3.61. The van der Waals surface area contributed by atoms with Gasteiger partial charge >= 0.3 is 6.03 Å². The highest BCUT2D eigenvalue weighted by Crippen LogP contribution is 2.32. The Hall–Kier alpha value is -3.87. The normalized spacial score (nSPS) is 14.2. The number of nitrogens with two attached hydrogens (primary N) is 1. The molecule has 1 aliphatic carbocycles. The molecule has 31 heavy (non-hydrogen) atoms. The molecular formula is C24H26N6O. The van der Waals surface area contributed by atoms with Gasteiger partial charge in [0.15, 0.2) is 5.65 Å². The highest BCUT2D eigenvalue weighted by atomic mass is 16.2. The van der Waals surface area contributed by atoms with Crippen molar-refractivity contribution in [2.24, 2.45) is 0 Å². The smallest absolute Gasteiger partial charge is 0.319 e. The number of hydrogen-bond donors (Lipinski definition) is 4. The maximum atomic E-state index is 12.5. The predicted molar refractivity (Wildman–Crippen MR) is 126 cm³/mol. The minimum absolute atomic E-state index is 0.0618. The number of anilines is 2. The number of fused-ring (bicyclic) bond motifs is 1. The van der Waals surface area contributed by atoms with Crippen molar-refractivity contribution in [2.45, 2.75) is 32.7 Å². The molecule has 7 nitrogen and oxygen atoms in total. The Labute approximate surface area is 181 Å². The van der Waals surface area contributed by atoms with Crippen LogP contribution in [-0.4, -0.2) is 27.3 Å². The van der Waals surface area contributed by atoms with Gasteiger partial charge in [0.05, 0.1) is 5.39 Å². The molecule has 158 valence electrons. The quantitative estimate of drug-likeness (QED) is 0.484. The van der Waals surface area contributed by atoms with E-state index < -0.39 is 0 Å². The number of aromatic nitrogens is 3. The maximum absolute atomic E-state index is 12.5. The van der Waals surface area contributed by atoms with Crippen molar-refractivity contribution in [1.29, 1.82) is 0 Å². The summed E-state index contributed by atoms with van der Waals surface area (Å²) in [6, 6.07) is 9.42. The number of nitrogens with zero attached hydrogens (tertiary/aromatic N) is 2. The Morgan fingerprint density at radius 3 is 2.81 bits per heavy atom. The van der Waals surface area contributed by atoms with E-state index in [1.807, 2.05) is 61.6 Å². The molecular weight excluding hydrogens is 388 g/mol. The Morgan fingerprint density at radius 1 is 1.23 bits per heavy atom. The van der Waals surface area contributed by atoms with Gasteiger partial charge in [-0.05, 0) is 54.7 Å². The van der Waals surface area contributed by atoms with Crippen LogP contribution in [-0.2, 0) is 6.42 Å². The third-order valence-corrected chi connectivity index (χ3v) is 5.35. The van der Waals surface area contributed by atoms with E-state index in [9.17, 15) is 4.79 Å². The lowest BCUT2D eigenvalue weighted by atomic mass is 10.0. The zero-order chi connectivity index (χ0) is 21.8. The fraction of sp³-hybridized carbons (Fsp3) is 0.208. The molecule has 0 fully saturated rings. The van der Waals surface area contributed by atoms with Crippen molar-refractivity contribution in [3.8, 4) is 11.1 Å². The number of allylic oxidation sites excluding steroid dienone is 5. The molecule has 7 heteroatoms. The summed E-state index contributed by atoms with van der Waals surface area (Å²) in [5.41, 5.74) is 11.5. The molecule has 1 aromatic carbocycles. The molecule has 0 unspecified atom stereocenters.